The molecule has 3 heterocycles. The van der Waals surface area contributed by atoms with E-state index in [4.69, 9.17) is 23.2 Å². The van der Waals surface area contributed by atoms with Crippen LogP contribution in [0.5, 0.6) is 0 Å². The molecule has 0 bridgehead atoms. The van der Waals surface area contributed by atoms with Gasteiger partial charge in [-0.3, -0.25) is 0 Å². The van der Waals surface area contributed by atoms with Gasteiger partial charge in [-0.15, -0.1) is 5.10 Å². The van der Waals surface area contributed by atoms with Crippen LogP contribution in [0.25, 0.3) is 27.7 Å². The second-order valence-corrected chi connectivity index (χ2v) is 9.20. The molecule has 6 aromatic rings. The summed E-state index contributed by atoms with van der Waals surface area (Å²) in [7, 11) is 1.85. The van der Waals surface area contributed by atoms with Crippen molar-refractivity contribution in [2.75, 3.05) is 0 Å². The molecule has 0 aliphatic rings. The predicted octanol–water partition coefficient (Wildman–Crippen LogP) is 5.27. The fourth-order valence-corrected chi connectivity index (χ4v) is 4.87. The Morgan fingerprint density at radius 3 is 2.43 bits per heavy atom. The zero-order valence-electron chi connectivity index (χ0n) is 18.5. The number of pyridine rings is 1. The molecule has 9 heteroatoms. The number of aryl methyl sites for hydroxylation is 1. The zero-order valence-corrected chi connectivity index (χ0v) is 20.0. The number of hydrogen-bond acceptors (Lipinski definition) is 5. The molecular weight excluding hydrogens is 483 g/mol. The summed E-state index contributed by atoms with van der Waals surface area (Å²) in [5, 5.41) is 26.5. The number of aromatic nitrogens is 6. The van der Waals surface area contributed by atoms with E-state index >= 15 is 0 Å². The van der Waals surface area contributed by atoms with Gasteiger partial charge in [0.2, 0.25) is 0 Å². The van der Waals surface area contributed by atoms with Gasteiger partial charge in [0, 0.05) is 34.9 Å². The number of hydrogen-bond donors (Lipinski definition) is 1. The molecule has 0 spiro atoms. The number of aliphatic hydroxyl groups is 1. The lowest BCUT2D eigenvalue weighted by atomic mass is 9.84. The molecule has 172 valence electrons. The molecule has 0 aliphatic heterocycles. The van der Waals surface area contributed by atoms with E-state index in [1.54, 1.807) is 33.6 Å². The monoisotopic (exact) mass is 500 g/mol. The molecule has 1 atom stereocenters. The summed E-state index contributed by atoms with van der Waals surface area (Å²) in [6.45, 7) is 0. The minimum atomic E-state index is -1.54. The van der Waals surface area contributed by atoms with Crippen molar-refractivity contribution in [2.45, 2.75) is 5.60 Å². The minimum Gasteiger partial charge on any atom is -0.373 e. The van der Waals surface area contributed by atoms with Gasteiger partial charge < -0.3 is 9.67 Å². The molecule has 0 aliphatic carbocycles. The van der Waals surface area contributed by atoms with E-state index in [1.807, 2.05) is 67.7 Å². The first-order valence-electron chi connectivity index (χ1n) is 10.8. The second kappa shape index (κ2) is 8.16. The van der Waals surface area contributed by atoms with Crippen molar-refractivity contribution < 1.29 is 5.11 Å². The number of rotatable bonds is 4. The third-order valence-corrected chi connectivity index (χ3v) is 6.73. The summed E-state index contributed by atoms with van der Waals surface area (Å²) in [5.74, 6) is 0.479. The lowest BCUT2D eigenvalue weighted by Gasteiger charge is -2.29. The Morgan fingerprint density at radius 1 is 0.886 bits per heavy atom. The first kappa shape index (κ1) is 21.7. The van der Waals surface area contributed by atoms with Crippen LogP contribution in [0.1, 0.15) is 17.0 Å². The van der Waals surface area contributed by atoms with Crippen LogP contribution < -0.4 is 0 Å². The van der Waals surface area contributed by atoms with Crippen molar-refractivity contribution in [1.82, 2.24) is 29.6 Å². The van der Waals surface area contributed by atoms with E-state index in [9.17, 15) is 5.11 Å². The Bertz CT molecular complexity index is 1710. The molecule has 0 fully saturated rings. The van der Waals surface area contributed by atoms with Crippen molar-refractivity contribution in [2.24, 2.45) is 7.05 Å². The van der Waals surface area contributed by atoms with Crippen molar-refractivity contribution in [3.63, 3.8) is 0 Å². The Hall–Kier alpha value is -3.78. The fourth-order valence-electron chi connectivity index (χ4n) is 4.55. The summed E-state index contributed by atoms with van der Waals surface area (Å²) < 4.78 is 3.48. The van der Waals surface area contributed by atoms with Crippen LogP contribution in [0.2, 0.25) is 10.0 Å². The molecule has 1 unspecified atom stereocenters. The van der Waals surface area contributed by atoms with Crippen LogP contribution in [-0.4, -0.2) is 34.7 Å². The smallest absolute Gasteiger partial charge is 0.180 e. The summed E-state index contributed by atoms with van der Waals surface area (Å²) >= 11 is 12.5. The summed E-state index contributed by atoms with van der Waals surface area (Å²) in [6.07, 6.45) is 3.47. The van der Waals surface area contributed by atoms with Gasteiger partial charge in [0.05, 0.1) is 5.52 Å². The molecule has 35 heavy (non-hydrogen) atoms. The Morgan fingerprint density at radius 2 is 1.69 bits per heavy atom. The van der Waals surface area contributed by atoms with Gasteiger partial charge in [-0.25, -0.2) is 4.98 Å². The van der Waals surface area contributed by atoms with Crippen LogP contribution in [0, 0.1) is 0 Å². The van der Waals surface area contributed by atoms with Gasteiger partial charge in [0.1, 0.15) is 5.82 Å². The first-order chi connectivity index (χ1) is 16.9. The summed E-state index contributed by atoms with van der Waals surface area (Å²) in [5.41, 5.74) is 2.95. The third-order valence-electron chi connectivity index (χ3n) is 6.24. The highest BCUT2D eigenvalue weighted by Crippen LogP contribution is 2.39. The van der Waals surface area contributed by atoms with E-state index < -0.39 is 5.60 Å². The maximum Gasteiger partial charge on any atom is 0.180 e. The number of halogens is 2. The van der Waals surface area contributed by atoms with Crippen LogP contribution in [0.15, 0.2) is 85.2 Å². The van der Waals surface area contributed by atoms with Crippen LogP contribution >= 0.6 is 23.2 Å². The molecule has 0 saturated carbocycles. The second-order valence-electron chi connectivity index (χ2n) is 8.33. The van der Waals surface area contributed by atoms with E-state index in [0.29, 0.717) is 32.6 Å². The molecule has 7 nitrogen and oxygen atoms in total. The fraction of sp³-hybridized carbons (Fsp3) is 0.0769. The molecule has 0 amide bonds. The number of nitrogens with zero attached hydrogens (tertiary/aromatic N) is 6. The van der Waals surface area contributed by atoms with Crippen molar-refractivity contribution >= 4 is 39.8 Å². The molecule has 0 saturated heterocycles. The van der Waals surface area contributed by atoms with Gasteiger partial charge in [-0.05, 0) is 75.1 Å². The number of benzene rings is 3. The van der Waals surface area contributed by atoms with E-state index in [1.165, 1.54) is 0 Å². The van der Waals surface area contributed by atoms with Gasteiger partial charge in [-0.2, -0.15) is 4.52 Å². The largest absolute Gasteiger partial charge is 0.373 e. The highest BCUT2D eigenvalue weighted by atomic mass is 35.5. The molecule has 1 N–H and O–H groups in total. The summed E-state index contributed by atoms with van der Waals surface area (Å²) in [6, 6.07) is 22.4. The zero-order chi connectivity index (χ0) is 24.2. The van der Waals surface area contributed by atoms with E-state index in [0.717, 1.165) is 22.0 Å². The average Bonchev–Trinajstić information content (AvgIpc) is 3.52. The highest BCUT2D eigenvalue weighted by Gasteiger charge is 2.38. The van der Waals surface area contributed by atoms with Gasteiger partial charge in [-0.1, -0.05) is 53.5 Å². The average molecular weight is 501 g/mol. The Kier molecular flexibility index (Phi) is 5.07. The lowest BCUT2D eigenvalue weighted by molar-refractivity contribution is 0.112. The van der Waals surface area contributed by atoms with Crippen LogP contribution in [0.4, 0.5) is 0 Å². The Labute approximate surface area is 210 Å². The van der Waals surface area contributed by atoms with Crippen LogP contribution in [0.3, 0.4) is 0 Å². The van der Waals surface area contributed by atoms with Crippen molar-refractivity contribution in [1.29, 1.82) is 0 Å². The van der Waals surface area contributed by atoms with Crippen LogP contribution in [-0.2, 0) is 12.6 Å². The quantitative estimate of drug-likeness (QED) is 0.356. The minimum absolute atomic E-state index is 0.479. The van der Waals surface area contributed by atoms with Crippen molar-refractivity contribution in [3.05, 3.63) is 112 Å². The Balaban J connectivity index is 1.68. The first-order valence-corrected chi connectivity index (χ1v) is 11.6. The van der Waals surface area contributed by atoms with Crippen molar-refractivity contribution in [3.8, 4) is 11.1 Å². The number of tetrazole rings is 1. The standard InChI is InChI=1S/C26H18Cl2N6O/c1-33-12-11-29-25(33)26(35,17-5-8-19(27)9-6-17)18-7-10-23-22(14-18)21(15-24-30-31-32-34(23)24)16-3-2-4-20(28)13-16/h2-15,35H,1H3. The normalized spacial score (nSPS) is 13.4. The van der Waals surface area contributed by atoms with Gasteiger partial charge >= 0.3 is 0 Å². The molecule has 3 aromatic heterocycles. The topological polar surface area (TPSA) is 81.1 Å². The summed E-state index contributed by atoms with van der Waals surface area (Å²) in [4.78, 5) is 4.50. The van der Waals surface area contributed by atoms with Gasteiger partial charge in [0.15, 0.2) is 11.2 Å². The predicted molar refractivity (Wildman–Crippen MR) is 135 cm³/mol. The maximum atomic E-state index is 12.3. The third kappa shape index (κ3) is 3.47. The molecule has 6 rings (SSSR count). The lowest BCUT2D eigenvalue weighted by Crippen LogP contribution is -2.32. The van der Waals surface area contributed by atoms with Gasteiger partial charge in [0.25, 0.3) is 0 Å². The highest BCUT2D eigenvalue weighted by molar-refractivity contribution is 6.31. The SMILES string of the molecule is Cn1ccnc1C(O)(c1ccc(Cl)cc1)c1ccc2c(c1)c(-c1cccc(Cl)c1)cc1nnnn12. The van der Waals surface area contributed by atoms with E-state index in [2.05, 4.69) is 20.5 Å². The molecule has 0 radical (unpaired) electrons. The number of fused-ring (bicyclic) bond motifs is 3. The molecular formula is C26H18Cl2N6O. The molecule has 3 aromatic carbocycles. The number of imidazole rings is 1. The van der Waals surface area contributed by atoms with E-state index in [-0.39, 0.29) is 0 Å². The maximum absolute atomic E-state index is 12.3.